The minimum atomic E-state index is -0.488. The van der Waals surface area contributed by atoms with E-state index >= 15 is 0 Å². The van der Waals surface area contributed by atoms with Crippen molar-refractivity contribution in [2.24, 2.45) is 0 Å². The molecule has 58 valence electrons. The average molecular weight is 151 g/mol. The fraction of sp³-hybridized carbons (Fsp3) is 0.375. The van der Waals surface area contributed by atoms with E-state index in [1.807, 2.05) is 19.1 Å². The van der Waals surface area contributed by atoms with Crippen LogP contribution in [-0.2, 0) is 0 Å². The standard InChI is InChI=1S/C8H9NO2/c1-5-2-3-6-7(10)4-11-8(6)9-5/h2-3,7,10H,4H2,1H3. The molecule has 0 spiro atoms. The van der Waals surface area contributed by atoms with Gasteiger partial charge < -0.3 is 9.84 Å². The van der Waals surface area contributed by atoms with Gasteiger partial charge in [0.1, 0.15) is 12.7 Å². The number of nitrogens with zero attached hydrogens (tertiary/aromatic N) is 1. The molecule has 3 heteroatoms. The molecule has 0 radical (unpaired) electrons. The normalized spacial score (nSPS) is 21.1. The number of aliphatic hydroxyl groups excluding tert-OH is 1. The van der Waals surface area contributed by atoms with Gasteiger partial charge >= 0.3 is 0 Å². The lowest BCUT2D eigenvalue weighted by molar-refractivity contribution is 0.139. The second-order valence-corrected chi connectivity index (χ2v) is 2.67. The molecule has 0 aliphatic carbocycles. The zero-order chi connectivity index (χ0) is 7.84. The van der Waals surface area contributed by atoms with Crippen molar-refractivity contribution >= 4 is 0 Å². The third-order valence-electron chi connectivity index (χ3n) is 1.77. The molecule has 0 fully saturated rings. The number of aliphatic hydroxyl groups is 1. The number of fused-ring (bicyclic) bond motifs is 1. The van der Waals surface area contributed by atoms with Crippen LogP contribution < -0.4 is 4.74 Å². The molecule has 0 saturated heterocycles. The van der Waals surface area contributed by atoms with E-state index in [4.69, 9.17) is 4.74 Å². The summed E-state index contributed by atoms with van der Waals surface area (Å²) in [5.41, 5.74) is 1.72. The van der Waals surface area contributed by atoms with E-state index in [1.54, 1.807) is 0 Å². The highest BCUT2D eigenvalue weighted by molar-refractivity contribution is 5.33. The van der Waals surface area contributed by atoms with Crippen LogP contribution in [0, 0.1) is 6.92 Å². The van der Waals surface area contributed by atoms with Gasteiger partial charge in [0, 0.05) is 11.3 Å². The first-order valence-corrected chi connectivity index (χ1v) is 3.56. The maximum Gasteiger partial charge on any atom is 0.219 e. The maximum atomic E-state index is 9.31. The zero-order valence-electron chi connectivity index (χ0n) is 6.24. The summed E-state index contributed by atoms with van der Waals surface area (Å²) in [4.78, 5) is 4.12. The number of hydrogen-bond acceptors (Lipinski definition) is 3. The number of aryl methyl sites for hydroxylation is 1. The predicted molar refractivity (Wildman–Crippen MR) is 39.4 cm³/mol. The molecule has 2 heterocycles. The molecule has 1 aliphatic rings. The van der Waals surface area contributed by atoms with Crippen molar-refractivity contribution < 1.29 is 9.84 Å². The van der Waals surface area contributed by atoms with Crippen molar-refractivity contribution in [2.75, 3.05) is 6.61 Å². The van der Waals surface area contributed by atoms with Crippen molar-refractivity contribution in [1.82, 2.24) is 4.98 Å². The van der Waals surface area contributed by atoms with Gasteiger partial charge in [-0.3, -0.25) is 0 Å². The molecule has 1 aromatic rings. The maximum absolute atomic E-state index is 9.31. The van der Waals surface area contributed by atoms with Gasteiger partial charge in [0.2, 0.25) is 5.88 Å². The molecule has 1 atom stereocenters. The first-order chi connectivity index (χ1) is 5.27. The summed E-state index contributed by atoms with van der Waals surface area (Å²) in [6.45, 7) is 2.24. The van der Waals surface area contributed by atoms with Gasteiger partial charge in [-0.05, 0) is 19.1 Å². The zero-order valence-corrected chi connectivity index (χ0v) is 6.24. The summed E-state index contributed by atoms with van der Waals surface area (Å²) < 4.78 is 5.13. The van der Waals surface area contributed by atoms with Gasteiger partial charge in [-0.25, -0.2) is 4.98 Å². The molecule has 0 aromatic carbocycles. The Morgan fingerprint density at radius 1 is 1.64 bits per heavy atom. The van der Waals surface area contributed by atoms with Crippen LogP contribution in [0.4, 0.5) is 0 Å². The molecule has 1 unspecified atom stereocenters. The number of rotatable bonds is 0. The second kappa shape index (κ2) is 2.20. The average Bonchev–Trinajstić information content (AvgIpc) is 2.32. The van der Waals surface area contributed by atoms with Crippen LogP contribution in [0.3, 0.4) is 0 Å². The SMILES string of the molecule is Cc1ccc2c(n1)OCC2O. The highest BCUT2D eigenvalue weighted by atomic mass is 16.5. The summed E-state index contributed by atoms with van der Waals surface area (Å²) in [5, 5.41) is 9.31. The lowest BCUT2D eigenvalue weighted by Crippen LogP contribution is -1.97. The topological polar surface area (TPSA) is 42.4 Å². The van der Waals surface area contributed by atoms with Crippen LogP contribution in [0.15, 0.2) is 12.1 Å². The Balaban J connectivity index is 2.50. The second-order valence-electron chi connectivity index (χ2n) is 2.67. The van der Waals surface area contributed by atoms with Gasteiger partial charge in [0.25, 0.3) is 0 Å². The molecule has 0 amide bonds. The van der Waals surface area contributed by atoms with Crippen LogP contribution in [0.2, 0.25) is 0 Å². The van der Waals surface area contributed by atoms with Gasteiger partial charge in [0.15, 0.2) is 0 Å². The van der Waals surface area contributed by atoms with Crippen molar-refractivity contribution in [3.63, 3.8) is 0 Å². The van der Waals surface area contributed by atoms with E-state index in [0.29, 0.717) is 12.5 Å². The van der Waals surface area contributed by atoms with Gasteiger partial charge in [-0.15, -0.1) is 0 Å². The summed E-state index contributed by atoms with van der Waals surface area (Å²) in [7, 11) is 0. The highest BCUT2D eigenvalue weighted by Gasteiger charge is 2.22. The van der Waals surface area contributed by atoms with Crippen molar-refractivity contribution in [3.05, 3.63) is 23.4 Å². The van der Waals surface area contributed by atoms with Crippen molar-refractivity contribution in [2.45, 2.75) is 13.0 Å². The Hall–Kier alpha value is -1.09. The fourth-order valence-electron chi connectivity index (χ4n) is 1.16. The van der Waals surface area contributed by atoms with Gasteiger partial charge in [-0.1, -0.05) is 0 Å². The third kappa shape index (κ3) is 0.973. The Bertz CT molecular complexity index is 285. The molecule has 0 saturated carbocycles. The Kier molecular flexibility index (Phi) is 1.32. The van der Waals surface area contributed by atoms with Crippen LogP contribution >= 0.6 is 0 Å². The monoisotopic (exact) mass is 151 g/mol. The first-order valence-electron chi connectivity index (χ1n) is 3.56. The Labute approximate surface area is 64.6 Å². The Morgan fingerprint density at radius 3 is 3.27 bits per heavy atom. The molecule has 11 heavy (non-hydrogen) atoms. The lowest BCUT2D eigenvalue weighted by Gasteiger charge is -1.98. The van der Waals surface area contributed by atoms with E-state index in [9.17, 15) is 5.11 Å². The molecule has 0 bridgehead atoms. The largest absolute Gasteiger partial charge is 0.474 e. The summed E-state index contributed by atoms with van der Waals surface area (Å²) in [6.07, 6.45) is -0.488. The molecule has 3 nitrogen and oxygen atoms in total. The number of aromatic nitrogens is 1. The number of ether oxygens (including phenoxy) is 1. The molecule has 1 aromatic heterocycles. The smallest absolute Gasteiger partial charge is 0.219 e. The highest BCUT2D eigenvalue weighted by Crippen LogP contribution is 2.29. The third-order valence-corrected chi connectivity index (χ3v) is 1.77. The van der Waals surface area contributed by atoms with E-state index < -0.39 is 6.10 Å². The first kappa shape index (κ1) is 6.61. The molecule has 1 N–H and O–H groups in total. The number of hydrogen-bond donors (Lipinski definition) is 1. The van der Waals surface area contributed by atoms with Crippen LogP contribution in [0.1, 0.15) is 17.4 Å². The summed E-state index contributed by atoms with van der Waals surface area (Å²) in [5.74, 6) is 0.581. The number of pyridine rings is 1. The van der Waals surface area contributed by atoms with Crippen LogP contribution in [0.5, 0.6) is 5.88 Å². The fourth-order valence-corrected chi connectivity index (χ4v) is 1.16. The van der Waals surface area contributed by atoms with Crippen molar-refractivity contribution in [3.8, 4) is 5.88 Å². The lowest BCUT2D eigenvalue weighted by atomic mass is 10.2. The molecule has 2 rings (SSSR count). The van der Waals surface area contributed by atoms with Gasteiger partial charge in [-0.2, -0.15) is 0 Å². The quantitative estimate of drug-likeness (QED) is 0.596. The van der Waals surface area contributed by atoms with Crippen LogP contribution in [-0.4, -0.2) is 16.7 Å². The van der Waals surface area contributed by atoms with Crippen molar-refractivity contribution in [1.29, 1.82) is 0 Å². The van der Waals surface area contributed by atoms with E-state index in [-0.39, 0.29) is 0 Å². The van der Waals surface area contributed by atoms with Crippen LogP contribution in [0.25, 0.3) is 0 Å². The molecular weight excluding hydrogens is 142 g/mol. The van der Waals surface area contributed by atoms with E-state index in [1.165, 1.54) is 0 Å². The Morgan fingerprint density at radius 2 is 2.45 bits per heavy atom. The molecular formula is C8H9NO2. The van der Waals surface area contributed by atoms with E-state index in [2.05, 4.69) is 4.98 Å². The minimum absolute atomic E-state index is 0.339. The summed E-state index contributed by atoms with van der Waals surface area (Å²) in [6, 6.07) is 3.73. The van der Waals surface area contributed by atoms with E-state index in [0.717, 1.165) is 11.3 Å². The minimum Gasteiger partial charge on any atom is -0.474 e. The molecule has 1 aliphatic heterocycles. The summed E-state index contributed by atoms with van der Waals surface area (Å²) >= 11 is 0. The predicted octanol–water partition coefficient (Wildman–Crippen LogP) is 0.816. The van der Waals surface area contributed by atoms with Gasteiger partial charge in [0.05, 0.1) is 0 Å².